The second-order valence-electron chi connectivity index (χ2n) is 9.04. The minimum atomic E-state index is 0.146. The van der Waals surface area contributed by atoms with Gasteiger partial charge in [0.05, 0.1) is 27.9 Å². The monoisotopic (exact) mass is 477 g/mol. The first-order valence-electron chi connectivity index (χ1n) is 12.0. The van der Waals surface area contributed by atoms with E-state index >= 15 is 0 Å². The zero-order valence-electron chi connectivity index (χ0n) is 21.1. The normalized spacial score (nSPS) is 14.6. The third-order valence-electron chi connectivity index (χ3n) is 6.64. The predicted molar refractivity (Wildman–Crippen MR) is 138 cm³/mol. The number of rotatable bonds is 9. The molecular weight excluding hydrogens is 442 g/mol. The number of benzene rings is 3. The SMILES string of the molecule is COc1ccc2cc(CN(C)C(=O)CN3CCN(Cc4ccc(OC)c(OC)c4)CC3)ccc2c1. The van der Waals surface area contributed by atoms with Crippen molar-refractivity contribution in [3.8, 4) is 17.2 Å². The number of ether oxygens (including phenoxy) is 3. The number of hydrogen-bond acceptors (Lipinski definition) is 6. The molecule has 0 unspecified atom stereocenters. The van der Waals surface area contributed by atoms with Crippen LogP contribution in [0, 0.1) is 0 Å². The summed E-state index contributed by atoms with van der Waals surface area (Å²) in [5.41, 5.74) is 2.32. The Morgan fingerprint density at radius 2 is 1.43 bits per heavy atom. The van der Waals surface area contributed by atoms with Crippen molar-refractivity contribution in [2.45, 2.75) is 13.1 Å². The predicted octanol–water partition coefficient (Wildman–Crippen LogP) is 3.64. The standard InChI is InChI=1S/C28H35N3O4/c1-29(18-21-5-7-24-17-25(33-2)9-8-23(24)15-21)28(32)20-31-13-11-30(12-14-31)19-22-6-10-26(34-3)27(16-22)35-4/h5-10,15-17H,11-14,18-20H2,1-4H3. The Balaban J connectivity index is 1.26. The lowest BCUT2D eigenvalue weighted by Crippen LogP contribution is -2.49. The molecule has 0 bridgehead atoms. The van der Waals surface area contributed by atoms with Gasteiger partial charge in [-0.3, -0.25) is 14.6 Å². The summed E-state index contributed by atoms with van der Waals surface area (Å²) in [4.78, 5) is 19.4. The third kappa shape index (κ3) is 6.24. The van der Waals surface area contributed by atoms with Crippen LogP contribution in [0.2, 0.25) is 0 Å². The van der Waals surface area contributed by atoms with Crippen LogP contribution in [0.3, 0.4) is 0 Å². The fourth-order valence-electron chi connectivity index (χ4n) is 4.52. The van der Waals surface area contributed by atoms with Crippen LogP contribution in [0.4, 0.5) is 0 Å². The molecule has 0 aliphatic carbocycles. The fourth-order valence-corrected chi connectivity index (χ4v) is 4.52. The highest BCUT2D eigenvalue weighted by Gasteiger charge is 2.21. The van der Waals surface area contributed by atoms with Crippen LogP contribution in [-0.4, -0.2) is 81.7 Å². The number of likely N-dealkylation sites (N-methyl/N-ethyl adjacent to an activating group) is 1. The van der Waals surface area contributed by atoms with Crippen LogP contribution in [0.1, 0.15) is 11.1 Å². The van der Waals surface area contributed by atoms with Crippen molar-refractivity contribution in [1.82, 2.24) is 14.7 Å². The first kappa shape index (κ1) is 24.8. The summed E-state index contributed by atoms with van der Waals surface area (Å²) in [6, 6.07) is 18.4. The topological polar surface area (TPSA) is 54.5 Å². The maximum Gasteiger partial charge on any atom is 0.236 e. The number of carbonyl (C=O) groups is 1. The molecule has 0 saturated carbocycles. The van der Waals surface area contributed by atoms with E-state index in [1.54, 1.807) is 21.3 Å². The highest BCUT2D eigenvalue weighted by Crippen LogP contribution is 2.28. The van der Waals surface area contributed by atoms with Gasteiger partial charge in [-0.05, 0) is 52.2 Å². The van der Waals surface area contributed by atoms with Gasteiger partial charge < -0.3 is 19.1 Å². The first-order chi connectivity index (χ1) is 17.0. The molecule has 0 N–H and O–H groups in total. The van der Waals surface area contributed by atoms with E-state index in [0.29, 0.717) is 13.1 Å². The molecule has 186 valence electrons. The Hall–Kier alpha value is -3.29. The van der Waals surface area contributed by atoms with E-state index in [-0.39, 0.29) is 5.91 Å². The van der Waals surface area contributed by atoms with E-state index in [2.05, 4.69) is 40.1 Å². The molecule has 7 nitrogen and oxygen atoms in total. The van der Waals surface area contributed by atoms with Crippen LogP contribution >= 0.6 is 0 Å². The zero-order chi connectivity index (χ0) is 24.8. The Bertz CT molecular complexity index is 1160. The van der Waals surface area contributed by atoms with Crippen LogP contribution < -0.4 is 14.2 Å². The van der Waals surface area contributed by atoms with Crippen molar-refractivity contribution in [2.24, 2.45) is 0 Å². The number of amides is 1. The van der Waals surface area contributed by atoms with Crippen LogP contribution in [0.5, 0.6) is 17.2 Å². The lowest BCUT2D eigenvalue weighted by molar-refractivity contribution is -0.132. The fraction of sp³-hybridized carbons (Fsp3) is 0.393. The molecule has 3 aromatic carbocycles. The highest BCUT2D eigenvalue weighted by molar-refractivity contribution is 5.84. The number of hydrogen-bond donors (Lipinski definition) is 0. The number of piperazine rings is 1. The van der Waals surface area contributed by atoms with Crippen LogP contribution in [-0.2, 0) is 17.9 Å². The minimum Gasteiger partial charge on any atom is -0.497 e. The van der Waals surface area contributed by atoms with E-state index in [1.807, 2.05) is 36.2 Å². The molecule has 1 heterocycles. The van der Waals surface area contributed by atoms with Crippen molar-refractivity contribution in [1.29, 1.82) is 0 Å². The second-order valence-corrected chi connectivity index (χ2v) is 9.04. The van der Waals surface area contributed by atoms with Crippen molar-refractivity contribution >= 4 is 16.7 Å². The largest absolute Gasteiger partial charge is 0.497 e. The molecule has 1 amide bonds. The van der Waals surface area contributed by atoms with E-state index in [1.165, 1.54) is 5.56 Å². The van der Waals surface area contributed by atoms with Crippen molar-refractivity contribution in [3.63, 3.8) is 0 Å². The summed E-state index contributed by atoms with van der Waals surface area (Å²) < 4.78 is 16.1. The van der Waals surface area contributed by atoms with Crippen LogP contribution in [0.25, 0.3) is 10.8 Å². The van der Waals surface area contributed by atoms with Gasteiger partial charge in [-0.1, -0.05) is 24.3 Å². The van der Waals surface area contributed by atoms with E-state index in [0.717, 1.165) is 66.3 Å². The maximum atomic E-state index is 12.9. The number of fused-ring (bicyclic) bond motifs is 1. The van der Waals surface area contributed by atoms with Gasteiger partial charge in [-0.15, -0.1) is 0 Å². The number of carbonyl (C=O) groups excluding carboxylic acids is 1. The zero-order valence-corrected chi connectivity index (χ0v) is 21.1. The number of nitrogens with zero attached hydrogens (tertiary/aromatic N) is 3. The summed E-state index contributed by atoms with van der Waals surface area (Å²) in [5.74, 6) is 2.49. The van der Waals surface area contributed by atoms with Crippen LogP contribution in [0.15, 0.2) is 54.6 Å². The molecule has 0 spiro atoms. The van der Waals surface area contributed by atoms with Gasteiger partial charge in [0.1, 0.15) is 5.75 Å². The molecule has 1 saturated heterocycles. The molecule has 3 aromatic rings. The molecule has 0 atom stereocenters. The van der Waals surface area contributed by atoms with Gasteiger partial charge in [0, 0.05) is 46.3 Å². The lowest BCUT2D eigenvalue weighted by Gasteiger charge is -2.35. The van der Waals surface area contributed by atoms with Gasteiger partial charge in [-0.25, -0.2) is 0 Å². The summed E-state index contributed by atoms with van der Waals surface area (Å²) in [6.07, 6.45) is 0. The second kappa shape index (κ2) is 11.4. The maximum absolute atomic E-state index is 12.9. The summed E-state index contributed by atoms with van der Waals surface area (Å²) in [5, 5.41) is 2.28. The lowest BCUT2D eigenvalue weighted by atomic mass is 10.1. The molecule has 0 radical (unpaired) electrons. The molecule has 1 aliphatic rings. The van der Waals surface area contributed by atoms with Gasteiger partial charge in [0.25, 0.3) is 0 Å². The summed E-state index contributed by atoms with van der Waals surface area (Å²) >= 11 is 0. The van der Waals surface area contributed by atoms with Gasteiger partial charge in [-0.2, -0.15) is 0 Å². The Kier molecular flexibility index (Phi) is 8.10. The molecule has 1 fully saturated rings. The molecule has 1 aliphatic heterocycles. The van der Waals surface area contributed by atoms with E-state index in [9.17, 15) is 4.79 Å². The smallest absolute Gasteiger partial charge is 0.236 e. The molecule has 35 heavy (non-hydrogen) atoms. The molecular formula is C28H35N3O4. The molecule has 7 heteroatoms. The average molecular weight is 478 g/mol. The van der Waals surface area contributed by atoms with Gasteiger partial charge in [0.15, 0.2) is 11.5 Å². The molecule has 0 aromatic heterocycles. The highest BCUT2D eigenvalue weighted by atomic mass is 16.5. The quantitative estimate of drug-likeness (QED) is 0.469. The van der Waals surface area contributed by atoms with Gasteiger partial charge in [0.2, 0.25) is 5.91 Å². The molecule has 4 rings (SSSR count). The number of methoxy groups -OCH3 is 3. The van der Waals surface area contributed by atoms with E-state index < -0.39 is 0 Å². The van der Waals surface area contributed by atoms with E-state index in [4.69, 9.17) is 14.2 Å². The van der Waals surface area contributed by atoms with Crippen molar-refractivity contribution in [3.05, 3.63) is 65.7 Å². The minimum absolute atomic E-state index is 0.146. The van der Waals surface area contributed by atoms with Gasteiger partial charge >= 0.3 is 0 Å². The van der Waals surface area contributed by atoms with Crippen molar-refractivity contribution < 1.29 is 19.0 Å². The van der Waals surface area contributed by atoms with Crippen molar-refractivity contribution in [2.75, 3.05) is 61.1 Å². The first-order valence-corrected chi connectivity index (χ1v) is 12.0. The Morgan fingerprint density at radius 1 is 0.771 bits per heavy atom. The summed E-state index contributed by atoms with van der Waals surface area (Å²) in [7, 11) is 6.86. The Labute approximate surface area is 207 Å². The Morgan fingerprint density at radius 3 is 2.14 bits per heavy atom. The third-order valence-corrected chi connectivity index (χ3v) is 6.64. The average Bonchev–Trinajstić information content (AvgIpc) is 2.89. The summed E-state index contributed by atoms with van der Waals surface area (Å²) in [6.45, 7) is 5.52.